The molecule has 0 N–H and O–H groups in total. The van der Waals surface area contributed by atoms with E-state index in [0.717, 1.165) is 50.0 Å². The Morgan fingerprint density at radius 3 is 0.881 bits per heavy atom. The van der Waals surface area contributed by atoms with E-state index < -0.39 is 0 Å². The van der Waals surface area contributed by atoms with Crippen LogP contribution in [0.3, 0.4) is 0 Å². The molecule has 0 unspecified atom stereocenters. The monoisotopic (exact) mass is 1740 g/mol. The summed E-state index contributed by atoms with van der Waals surface area (Å²) in [5.41, 5.74) is 30.0. The molecule has 0 atom stereocenters. The molecular formula is C126H76N6S2. The summed E-state index contributed by atoms with van der Waals surface area (Å²) >= 11 is 3.78. The Kier molecular flexibility index (Phi) is 17.1. The zero-order valence-corrected chi connectivity index (χ0v) is 74.0. The van der Waals surface area contributed by atoms with E-state index in [1.165, 1.54) is 221 Å². The molecule has 0 saturated heterocycles. The topological polar surface area (TPSA) is 45.5 Å². The number of hydrogen-bond donors (Lipinski definition) is 0. The molecule has 0 aliphatic rings. The molecular weight excluding hydrogens is 1660 g/mol. The van der Waals surface area contributed by atoms with Crippen molar-refractivity contribution < 1.29 is 0 Å². The molecule has 0 bridgehead atoms. The minimum absolute atomic E-state index is 0.998. The summed E-state index contributed by atoms with van der Waals surface area (Å²) in [4.78, 5) is 10.8. The SMILES string of the molecule is c1ccc(-c2cc(-c3ccccc3)cc(-n3c4ccccc4c4cc(-c5ccc6c(c5)c5ccccc5n6-c5cc6c(-c7ccccc7)nc7ccccc7c6c6c5sc5ccccc56)ccc43)c2)cc1.c1ccc(-c2nc3ccccc3c3c2cc(-n2c4ccccc4c4cc(-c5ccc6c(c5)c5ccccc5n6-c5cccc6ccccc56)ccc42)c2sc4ccccc4c23)cc1. The van der Waals surface area contributed by atoms with Gasteiger partial charge in [-0.25, -0.2) is 9.97 Å². The smallest absolute Gasteiger partial charge is 0.0789 e. The second-order valence-corrected chi connectivity index (χ2v) is 37.4. The Labute approximate surface area is 777 Å². The lowest BCUT2D eigenvalue weighted by Gasteiger charge is -2.16. The molecule has 134 heavy (non-hydrogen) atoms. The molecule has 0 amide bonds. The Balaban J connectivity index is 0.000000134. The number of para-hydroxylation sites is 6. The quantitative estimate of drug-likeness (QED) is 0.128. The normalized spacial score (nSPS) is 12.0. The van der Waals surface area contributed by atoms with Crippen LogP contribution in [0, 0.1) is 0 Å². The van der Waals surface area contributed by atoms with Gasteiger partial charge < -0.3 is 18.3 Å². The summed E-state index contributed by atoms with van der Waals surface area (Å²) in [5, 5.41) is 24.7. The molecule has 21 aromatic carbocycles. The van der Waals surface area contributed by atoms with Crippen LogP contribution in [-0.4, -0.2) is 28.2 Å². The van der Waals surface area contributed by atoms with E-state index >= 15 is 0 Å². The van der Waals surface area contributed by atoms with Crippen molar-refractivity contribution in [3.8, 4) is 89.8 Å². The summed E-state index contributed by atoms with van der Waals surface area (Å²) in [6.07, 6.45) is 0. The molecule has 29 aromatic rings. The first-order valence-electron chi connectivity index (χ1n) is 45.8. The fourth-order valence-electron chi connectivity index (χ4n) is 22.0. The minimum atomic E-state index is 0.998. The van der Waals surface area contributed by atoms with E-state index in [0.29, 0.717) is 0 Å². The van der Waals surface area contributed by atoms with E-state index in [-0.39, 0.29) is 0 Å². The highest BCUT2D eigenvalue weighted by Crippen LogP contribution is 2.53. The standard InChI is InChI=1S/C67H41N3S.C59H35N3S/c1-4-18-42(19-5-1)47-36-48(43-20-6-2-7-21-43)38-49(37-47)69-58-29-15-11-24-50(58)54-39-45(32-34-60(54)69)46-33-35-61-55(40-46)51-25-12-16-30-59(51)70(61)62-41-56-64(65-53-27-13-17-31-63(53)71-67(62)65)52-26-10-14-28-57(52)68-66(56)44-22-8-3-9-23-44;1-2-16-37(17-3-1)58-47-35-54(59-57(44-23-9-13-28-55(44)63-59)56(47)43-22-6-10-24-48(43)60-58)62-51-26-12-8-21-42(51)46-34-39(30-32-53(46)62)38-29-31-52-45(33-38)41-20-7-11-25-50(41)61(52)49-27-14-18-36-15-4-5-19-40(36)49/h1-41H;1-35H. The molecule has 8 heterocycles. The molecule has 0 spiro atoms. The molecule has 0 radical (unpaired) electrons. The van der Waals surface area contributed by atoms with Crippen molar-refractivity contribution in [3.63, 3.8) is 0 Å². The van der Waals surface area contributed by atoms with Gasteiger partial charge in [0.2, 0.25) is 0 Å². The third kappa shape index (κ3) is 11.8. The highest BCUT2D eigenvalue weighted by molar-refractivity contribution is 7.27. The van der Waals surface area contributed by atoms with E-state index in [9.17, 15) is 0 Å². The number of nitrogens with zero attached hydrogens (tertiary/aromatic N) is 6. The molecule has 0 aliphatic heterocycles. The van der Waals surface area contributed by atoms with Crippen molar-refractivity contribution in [2.45, 2.75) is 0 Å². The third-order valence-electron chi connectivity index (χ3n) is 27.9. The van der Waals surface area contributed by atoms with Crippen molar-refractivity contribution >= 4 is 204 Å². The first kappa shape index (κ1) is 75.8. The largest absolute Gasteiger partial charge is 0.309 e. The van der Waals surface area contributed by atoms with Crippen LogP contribution in [0.1, 0.15) is 0 Å². The summed E-state index contributed by atoms with van der Waals surface area (Å²) < 4.78 is 15.0. The zero-order valence-electron chi connectivity index (χ0n) is 72.4. The molecule has 6 nitrogen and oxygen atoms in total. The third-order valence-corrected chi connectivity index (χ3v) is 30.3. The lowest BCUT2D eigenvalue weighted by atomic mass is 9.95. The summed E-state index contributed by atoms with van der Waals surface area (Å²) in [7, 11) is 0. The van der Waals surface area contributed by atoms with Gasteiger partial charge in [-0.2, -0.15) is 0 Å². The fraction of sp³-hybridized carbons (Fsp3) is 0. The number of rotatable bonds is 10. The van der Waals surface area contributed by atoms with Gasteiger partial charge in [0, 0.05) is 129 Å². The van der Waals surface area contributed by atoms with Gasteiger partial charge >= 0.3 is 0 Å². The second kappa shape index (κ2) is 30.2. The van der Waals surface area contributed by atoms with Gasteiger partial charge in [0.05, 0.1) is 93.0 Å². The number of benzene rings is 21. The molecule has 0 saturated carbocycles. The predicted molar refractivity (Wildman–Crippen MR) is 572 cm³/mol. The van der Waals surface area contributed by atoms with Crippen LogP contribution in [-0.2, 0) is 0 Å². The predicted octanol–water partition coefficient (Wildman–Crippen LogP) is 35.1. The number of aromatic nitrogens is 6. The van der Waals surface area contributed by atoms with Gasteiger partial charge in [0.25, 0.3) is 0 Å². The summed E-state index contributed by atoms with van der Waals surface area (Å²) in [6.45, 7) is 0. The second-order valence-electron chi connectivity index (χ2n) is 35.3. The van der Waals surface area contributed by atoms with Crippen molar-refractivity contribution in [3.05, 3.63) is 461 Å². The molecule has 8 heteroatoms. The first-order chi connectivity index (χ1) is 66.5. The van der Waals surface area contributed by atoms with E-state index in [4.69, 9.17) is 9.97 Å². The number of hydrogen-bond acceptors (Lipinski definition) is 4. The van der Waals surface area contributed by atoms with Crippen LogP contribution < -0.4 is 0 Å². The van der Waals surface area contributed by atoms with Crippen molar-refractivity contribution in [1.29, 1.82) is 0 Å². The maximum atomic E-state index is 5.42. The Hall–Kier alpha value is -17.1. The van der Waals surface area contributed by atoms with E-state index in [2.05, 4.69) is 479 Å². The van der Waals surface area contributed by atoms with Gasteiger partial charge in [-0.3, -0.25) is 0 Å². The zero-order chi connectivity index (χ0) is 87.7. The van der Waals surface area contributed by atoms with Crippen LogP contribution >= 0.6 is 22.7 Å². The van der Waals surface area contributed by atoms with Crippen LogP contribution in [0.25, 0.3) is 271 Å². The van der Waals surface area contributed by atoms with Crippen molar-refractivity contribution in [1.82, 2.24) is 28.2 Å². The van der Waals surface area contributed by atoms with Crippen LogP contribution in [0.5, 0.6) is 0 Å². The highest BCUT2D eigenvalue weighted by Gasteiger charge is 2.28. The summed E-state index contributed by atoms with van der Waals surface area (Å²) in [5.74, 6) is 0. The first-order valence-corrected chi connectivity index (χ1v) is 47.4. The molecule has 622 valence electrons. The maximum absolute atomic E-state index is 5.42. The van der Waals surface area contributed by atoms with E-state index in [1.807, 2.05) is 22.7 Å². The van der Waals surface area contributed by atoms with Crippen LogP contribution in [0.15, 0.2) is 461 Å². The Bertz CT molecular complexity index is 9900. The summed E-state index contributed by atoms with van der Waals surface area (Å²) in [6, 6.07) is 169. The highest BCUT2D eigenvalue weighted by atomic mass is 32.1. The number of pyridine rings is 2. The fourth-order valence-corrected chi connectivity index (χ4v) is 24.4. The van der Waals surface area contributed by atoms with Crippen molar-refractivity contribution in [2.24, 2.45) is 0 Å². The average Bonchev–Trinajstić information content (AvgIpc) is 1.52. The molecule has 29 rings (SSSR count). The van der Waals surface area contributed by atoms with Gasteiger partial charge in [0.15, 0.2) is 0 Å². The molecule has 0 fully saturated rings. The van der Waals surface area contributed by atoms with Crippen molar-refractivity contribution in [2.75, 3.05) is 0 Å². The Morgan fingerprint density at radius 1 is 0.164 bits per heavy atom. The van der Waals surface area contributed by atoms with Gasteiger partial charge in [-0.15, -0.1) is 22.7 Å². The average molecular weight is 1740 g/mol. The van der Waals surface area contributed by atoms with E-state index in [1.54, 1.807) is 0 Å². The van der Waals surface area contributed by atoms with Gasteiger partial charge in [-0.1, -0.05) is 328 Å². The lowest BCUT2D eigenvalue weighted by molar-refractivity contribution is 1.18. The lowest BCUT2D eigenvalue weighted by Crippen LogP contribution is -1.97. The minimum Gasteiger partial charge on any atom is -0.309 e. The van der Waals surface area contributed by atoms with Crippen LogP contribution in [0.2, 0.25) is 0 Å². The molecule has 8 aromatic heterocycles. The van der Waals surface area contributed by atoms with Gasteiger partial charge in [0.1, 0.15) is 0 Å². The molecule has 0 aliphatic carbocycles. The van der Waals surface area contributed by atoms with Crippen LogP contribution in [0.4, 0.5) is 0 Å². The maximum Gasteiger partial charge on any atom is 0.0789 e. The Morgan fingerprint density at radius 2 is 0.470 bits per heavy atom. The number of fused-ring (bicyclic) bond motifs is 27. The number of thiophene rings is 2. The van der Waals surface area contributed by atoms with Gasteiger partial charge in [-0.05, 0) is 183 Å².